The Hall–Kier alpha value is -2.55. The average Bonchev–Trinajstić information content (AvgIpc) is 2.60. The van der Waals surface area contributed by atoms with E-state index in [-0.39, 0.29) is 11.8 Å². The molecule has 2 rings (SSSR count). The lowest BCUT2D eigenvalue weighted by atomic mass is 9.96. The summed E-state index contributed by atoms with van der Waals surface area (Å²) in [4.78, 5) is 12.5. The number of rotatable bonds is 8. The van der Waals surface area contributed by atoms with E-state index >= 15 is 0 Å². The van der Waals surface area contributed by atoms with Gasteiger partial charge in [-0.25, -0.2) is 0 Å². The molecule has 26 heavy (non-hydrogen) atoms. The van der Waals surface area contributed by atoms with Gasteiger partial charge in [0, 0.05) is 5.69 Å². The van der Waals surface area contributed by atoms with Crippen molar-refractivity contribution in [3.8, 4) is 5.75 Å². The SMILES string of the molecule is C=C(C)COc1ccc(NC(=O)C(C)c2ccc(CC(C)C)cc2)cc1. The van der Waals surface area contributed by atoms with Crippen molar-refractivity contribution in [1.29, 1.82) is 0 Å². The molecule has 0 heterocycles. The fourth-order valence-corrected chi connectivity index (χ4v) is 2.66. The predicted molar refractivity (Wildman–Crippen MR) is 109 cm³/mol. The number of hydrogen-bond donors (Lipinski definition) is 1. The van der Waals surface area contributed by atoms with Gasteiger partial charge >= 0.3 is 0 Å². The molecule has 138 valence electrons. The first-order valence-electron chi connectivity index (χ1n) is 9.12. The highest BCUT2D eigenvalue weighted by atomic mass is 16.5. The minimum atomic E-state index is -0.206. The van der Waals surface area contributed by atoms with E-state index in [1.165, 1.54) is 5.56 Å². The number of ether oxygens (including phenoxy) is 1. The van der Waals surface area contributed by atoms with Gasteiger partial charge in [-0.2, -0.15) is 0 Å². The maximum atomic E-state index is 12.5. The molecule has 1 N–H and O–H groups in total. The summed E-state index contributed by atoms with van der Waals surface area (Å²) >= 11 is 0. The van der Waals surface area contributed by atoms with Gasteiger partial charge in [-0.1, -0.05) is 44.7 Å². The molecule has 3 nitrogen and oxygen atoms in total. The molecular weight excluding hydrogens is 322 g/mol. The van der Waals surface area contributed by atoms with E-state index in [1.54, 1.807) is 0 Å². The van der Waals surface area contributed by atoms with Crippen LogP contribution in [0.15, 0.2) is 60.7 Å². The molecule has 2 aromatic rings. The maximum absolute atomic E-state index is 12.5. The molecule has 0 radical (unpaired) electrons. The van der Waals surface area contributed by atoms with Gasteiger partial charge in [0.05, 0.1) is 5.92 Å². The zero-order valence-electron chi connectivity index (χ0n) is 16.2. The van der Waals surface area contributed by atoms with Crippen molar-refractivity contribution in [2.45, 2.75) is 40.0 Å². The van der Waals surface area contributed by atoms with Crippen molar-refractivity contribution >= 4 is 11.6 Å². The van der Waals surface area contributed by atoms with Crippen molar-refractivity contribution in [1.82, 2.24) is 0 Å². The van der Waals surface area contributed by atoms with Gasteiger partial charge in [0.25, 0.3) is 0 Å². The zero-order valence-corrected chi connectivity index (χ0v) is 16.2. The van der Waals surface area contributed by atoms with Crippen molar-refractivity contribution in [2.24, 2.45) is 5.92 Å². The summed E-state index contributed by atoms with van der Waals surface area (Å²) in [7, 11) is 0. The Kier molecular flexibility index (Phi) is 7.02. The van der Waals surface area contributed by atoms with E-state index in [0.29, 0.717) is 12.5 Å². The molecule has 0 aliphatic heterocycles. The smallest absolute Gasteiger partial charge is 0.231 e. The van der Waals surface area contributed by atoms with E-state index in [2.05, 4.69) is 50.0 Å². The number of carbonyl (C=O) groups is 1. The van der Waals surface area contributed by atoms with Gasteiger partial charge < -0.3 is 10.1 Å². The third-order valence-corrected chi connectivity index (χ3v) is 4.12. The lowest BCUT2D eigenvalue weighted by Gasteiger charge is -2.14. The zero-order chi connectivity index (χ0) is 19.1. The largest absolute Gasteiger partial charge is 0.489 e. The Morgan fingerprint density at radius 1 is 1.04 bits per heavy atom. The summed E-state index contributed by atoms with van der Waals surface area (Å²) in [5.74, 6) is 1.17. The molecule has 1 atom stereocenters. The summed E-state index contributed by atoms with van der Waals surface area (Å²) < 4.78 is 5.57. The minimum Gasteiger partial charge on any atom is -0.489 e. The van der Waals surface area contributed by atoms with Gasteiger partial charge in [0.1, 0.15) is 12.4 Å². The summed E-state index contributed by atoms with van der Waals surface area (Å²) in [5.41, 5.74) is 4.06. The van der Waals surface area contributed by atoms with Crippen molar-refractivity contribution in [3.05, 3.63) is 71.8 Å². The first kappa shape index (κ1) is 19.8. The highest BCUT2D eigenvalue weighted by molar-refractivity contribution is 5.95. The summed E-state index contributed by atoms with van der Waals surface area (Å²) in [6.07, 6.45) is 1.06. The van der Waals surface area contributed by atoms with Gasteiger partial charge in [0.15, 0.2) is 0 Å². The second-order valence-electron chi connectivity index (χ2n) is 7.32. The molecule has 0 aromatic heterocycles. The van der Waals surface area contributed by atoms with Crippen LogP contribution in [0.3, 0.4) is 0 Å². The molecule has 0 aliphatic rings. The van der Waals surface area contributed by atoms with Crippen molar-refractivity contribution in [2.75, 3.05) is 11.9 Å². The van der Waals surface area contributed by atoms with Gasteiger partial charge in [-0.3, -0.25) is 4.79 Å². The molecule has 3 heteroatoms. The monoisotopic (exact) mass is 351 g/mol. The molecule has 0 bridgehead atoms. The highest BCUT2D eigenvalue weighted by Gasteiger charge is 2.15. The minimum absolute atomic E-state index is 0.0165. The van der Waals surface area contributed by atoms with Gasteiger partial charge in [0.2, 0.25) is 5.91 Å². The lowest BCUT2D eigenvalue weighted by Crippen LogP contribution is -2.18. The van der Waals surface area contributed by atoms with Crippen LogP contribution in [0.4, 0.5) is 5.69 Å². The second kappa shape index (κ2) is 9.23. The van der Waals surface area contributed by atoms with E-state index < -0.39 is 0 Å². The van der Waals surface area contributed by atoms with Gasteiger partial charge in [-0.05, 0) is 67.2 Å². The molecule has 1 unspecified atom stereocenters. The predicted octanol–water partition coefficient (Wildman–Crippen LogP) is 5.58. The van der Waals surface area contributed by atoms with Crippen LogP contribution in [0.25, 0.3) is 0 Å². The maximum Gasteiger partial charge on any atom is 0.231 e. The Labute approximate surface area is 157 Å². The molecule has 0 aliphatic carbocycles. The molecule has 2 aromatic carbocycles. The van der Waals surface area contributed by atoms with Crippen LogP contribution in [0.1, 0.15) is 44.7 Å². The Bertz CT molecular complexity index is 730. The number of benzene rings is 2. The molecule has 0 spiro atoms. The summed E-state index contributed by atoms with van der Waals surface area (Å²) in [6.45, 7) is 12.6. The quantitative estimate of drug-likeness (QED) is 0.630. The van der Waals surface area contributed by atoms with Crippen molar-refractivity contribution < 1.29 is 9.53 Å². The van der Waals surface area contributed by atoms with E-state index in [0.717, 1.165) is 29.0 Å². The standard InChI is InChI=1S/C23H29NO2/c1-16(2)14-19-6-8-20(9-7-19)18(5)23(25)24-21-10-12-22(13-11-21)26-15-17(3)4/h6-13,16,18H,3,14-15H2,1-2,4-5H3,(H,24,25). The van der Waals surface area contributed by atoms with Crippen LogP contribution in [0, 0.1) is 5.92 Å². The molecule has 0 saturated heterocycles. The fourth-order valence-electron chi connectivity index (χ4n) is 2.66. The average molecular weight is 351 g/mol. The number of amides is 1. The van der Waals surface area contributed by atoms with E-state index in [9.17, 15) is 4.79 Å². The Morgan fingerprint density at radius 2 is 1.65 bits per heavy atom. The topological polar surface area (TPSA) is 38.3 Å². The van der Waals surface area contributed by atoms with Crippen LogP contribution < -0.4 is 10.1 Å². The van der Waals surface area contributed by atoms with Crippen LogP contribution in [0.5, 0.6) is 5.75 Å². The molecule has 0 fully saturated rings. The number of hydrogen-bond acceptors (Lipinski definition) is 2. The second-order valence-corrected chi connectivity index (χ2v) is 7.32. The number of nitrogens with one attached hydrogen (secondary N) is 1. The number of anilines is 1. The van der Waals surface area contributed by atoms with Crippen molar-refractivity contribution in [3.63, 3.8) is 0 Å². The Balaban J connectivity index is 1.94. The van der Waals surface area contributed by atoms with E-state index in [1.807, 2.05) is 38.1 Å². The van der Waals surface area contributed by atoms with Crippen LogP contribution >= 0.6 is 0 Å². The highest BCUT2D eigenvalue weighted by Crippen LogP contribution is 2.21. The van der Waals surface area contributed by atoms with Crippen LogP contribution in [0.2, 0.25) is 0 Å². The lowest BCUT2D eigenvalue weighted by molar-refractivity contribution is -0.117. The molecular formula is C23H29NO2. The summed E-state index contributed by atoms with van der Waals surface area (Å²) in [6, 6.07) is 15.7. The van der Waals surface area contributed by atoms with Crippen LogP contribution in [-0.4, -0.2) is 12.5 Å². The summed E-state index contributed by atoms with van der Waals surface area (Å²) in [5, 5.41) is 2.97. The molecule has 1 amide bonds. The van der Waals surface area contributed by atoms with Crippen LogP contribution in [-0.2, 0) is 11.2 Å². The Morgan fingerprint density at radius 3 is 2.19 bits per heavy atom. The third kappa shape index (κ3) is 6.07. The number of carbonyl (C=O) groups excluding carboxylic acids is 1. The first-order chi connectivity index (χ1) is 12.3. The van der Waals surface area contributed by atoms with Gasteiger partial charge in [-0.15, -0.1) is 0 Å². The normalized spacial score (nSPS) is 11.9. The molecule has 0 saturated carbocycles. The van der Waals surface area contributed by atoms with E-state index in [4.69, 9.17) is 4.74 Å². The third-order valence-electron chi connectivity index (χ3n) is 4.12. The first-order valence-corrected chi connectivity index (χ1v) is 9.12. The fraction of sp³-hybridized carbons (Fsp3) is 0.348.